The van der Waals surface area contributed by atoms with Crippen LogP contribution in [0.3, 0.4) is 0 Å². The maximum absolute atomic E-state index is 13.9. The molecule has 7 nitrogen and oxygen atoms in total. The van der Waals surface area contributed by atoms with Crippen molar-refractivity contribution in [3.8, 4) is 11.5 Å². The fraction of sp³-hybridized carbons (Fsp3) is 0.292. The Morgan fingerprint density at radius 1 is 1.21 bits per heavy atom. The maximum atomic E-state index is 13.9. The summed E-state index contributed by atoms with van der Waals surface area (Å²) in [6.45, 7) is 5.07. The molecule has 0 atom stereocenters. The SMILES string of the molecule is CCOc1cc(/C=C2\SC(=O)N(CC(=O)OC(C)C)C2=O)cc(Br)c1OCc1ccccc1F. The molecule has 1 saturated heterocycles. The molecular formula is C24H23BrFNO6S. The molecule has 1 aliphatic rings. The van der Waals surface area contributed by atoms with Gasteiger partial charge in [0.2, 0.25) is 0 Å². The minimum atomic E-state index is -0.656. The number of thioether (sulfide) groups is 1. The number of hydrogen-bond donors (Lipinski definition) is 0. The standard InChI is InChI=1S/C24H23BrFNO6S/c1-4-31-19-10-15(9-17(25)22(19)32-13-16-7-5-6-8-18(16)26)11-20-23(29)27(24(30)34-20)12-21(28)33-14(2)3/h5-11,14H,4,12-13H2,1-3H3/b20-11-. The molecule has 0 radical (unpaired) electrons. The first-order valence-electron chi connectivity index (χ1n) is 10.5. The average Bonchev–Trinajstić information content (AvgIpc) is 3.01. The summed E-state index contributed by atoms with van der Waals surface area (Å²) in [5.41, 5.74) is 0.967. The first kappa shape index (κ1) is 25.8. The lowest BCUT2D eigenvalue weighted by molar-refractivity contribution is -0.149. The van der Waals surface area contributed by atoms with Crippen LogP contribution < -0.4 is 9.47 Å². The zero-order chi connectivity index (χ0) is 24.8. The van der Waals surface area contributed by atoms with E-state index in [1.165, 1.54) is 12.1 Å². The lowest BCUT2D eigenvalue weighted by Crippen LogP contribution is -2.35. The van der Waals surface area contributed by atoms with Crippen LogP contribution in [0.1, 0.15) is 31.9 Å². The van der Waals surface area contributed by atoms with Crippen molar-refractivity contribution in [3.63, 3.8) is 0 Å². The Balaban J connectivity index is 1.82. The van der Waals surface area contributed by atoms with Crippen molar-refractivity contribution < 1.29 is 33.0 Å². The van der Waals surface area contributed by atoms with Crippen LogP contribution in [0.5, 0.6) is 11.5 Å². The van der Waals surface area contributed by atoms with Crippen molar-refractivity contribution in [2.75, 3.05) is 13.2 Å². The highest BCUT2D eigenvalue weighted by atomic mass is 79.9. The van der Waals surface area contributed by atoms with E-state index in [0.717, 1.165) is 16.7 Å². The molecule has 0 saturated carbocycles. The Bertz CT molecular complexity index is 1140. The summed E-state index contributed by atoms with van der Waals surface area (Å²) in [7, 11) is 0. The van der Waals surface area contributed by atoms with Crippen LogP contribution in [-0.2, 0) is 20.9 Å². The van der Waals surface area contributed by atoms with Gasteiger partial charge in [0.25, 0.3) is 11.1 Å². The zero-order valence-corrected chi connectivity index (χ0v) is 21.2. The summed E-state index contributed by atoms with van der Waals surface area (Å²) in [6, 6.07) is 9.66. The minimum absolute atomic E-state index is 0.00391. The third-order valence-electron chi connectivity index (χ3n) is 4.49. The molecule has 34 heavy (non-hydrogen) atoms. The Kier molecular flexibility index (Phi) is 8.73. The van der Waals surface area contributed by atoms with Crippen molar-refractivity contribution in [1.82, 2.24) is 4.90 Å². The number of hydrogen-bond acceptors (Lipinski definition) is 7. The van der Waals surface area contributed by atoms with Crippen molar-refractivity contribution in [3.05, 3.63) is 62.7 Å². The van der Waals surface area contributed by atoms with Crippen molar-refractivity contribution in [1.29, 1.82) is 0 Å². The minimum Gasteiger partial charge on any atom is -0.490 e. The molecule has 1 heterocycles. The fourth-order valence-corrected chi connectivity index (χ4v) is 4.47. The summed E-state index contributed by atoms with van der Waals surface area (Å²) in [5, 5.41) is -0.550. The van der Waals surface area contributed by atoms with Gasteiger partial charge in [-0.1, -0.05) is 18.2 Å². The van der Waals surface area contributed by atoms with Crippen molar-refractivity contribution in [2.45, 2.75) is 33.5 Å². The Hall–Kier alpha value is -2.85. The molecule has 0 N–H and O–H groups in total. The van der Waals surface area contributed by atoms with Gasteiger partial charge in [0.15, 0.2) is 11.5 Å². The molecule has 2 aromatic carbocycles. The number of benzene rings is 2. The highest BCUT2D eigenvalue weighted by Crippen LogP contribution is 2.39. The topological polar surface area (TPSA) is 82.1 Å². The predicted molar refractivity (Wildman–Crippen MR) is 130 cm³/mol. The summed E-state index contributed by atoms with van der Waals surface area (Å²) in [4.78, 5) is 37.9. The number of ether oxygens (including phenoxy) is 3. The van der Waals surface area contributed by atoms with Crippen molar-refractivity contribution >= 4 is 50.9 Å². The van der Waals surface area contributed by atoms with E-state index in [2.05, 4.69) is 15.9 Å². The number of carbonyl (C=O) groups is 3. The number of carbonyl (C=O) groups excluding carboxylic acids is 3. The Labute approximate surface area is 209 Å². The van der Waals surface area contributed by atoms with Gasteiger partial charge in [-0.3, -0.25) is 19.3 Å². The van der Waals surface area contributed by atoms with E-state index in [4.69, 9.17) is 14.2 Å². The van der Waals surface area contributed by atoms with Crippen LogP contribution in [0.4, 0.5) is 9.18 Å². The molecule has 0 spiro atoms. The maximum Gasteiger partial charge on any atom is 0.326 e. The molecular weight excluding hydrogens is 529 g/mol. The van der Waals surface area contributed by atoms with E-state index < -0.39 is 23.7 Å². The number of halogens is 2. The molecule has 1 fully saturated rings. The summed E-state index contributed by atoms with van der Waals surface area (Å²) in [5.74, 6) is -0.840. The highest BCUT2D eigenvalue weighted by Gasteiger charge is 2.36. The molecule has 0 bridgehead atoms. The van der Waals surface area contributed by atoms with Crippen LogP contribution in [0, 0.1) is 5.82 Å². The lowest BCUT2D eigenvalue weighted by atomic mass is 10.1. The smallest absolute Gasteiger partial charge is 0.326 e. The fourth-order valence-electron chi connectivity index (χ4n) is 3.06. The lowest BCUT2D eigenvalue weighted by Gasteiger charge is -2.15. The summed E-state index contributed by atoms with van der Waals surface area (Å²) in [6.07, 6.45) is 1.18. The van der Waals surface area contributed by atoms with Crippen LogP contribution in [-0.4, -0.2) is 41.3 Å². The van der Waals surface area contributed by atoms with Gasteiger partial charge < -0.3 is 14.2 Å². The second-order valence-electron chi connectivity index (χ2n) is 7.45. The average molecular weight is 552 g/mol. The van der Waals surface area contributed by atoms with Gasteiger partial charge in [-0.25, -0.2) is 4.39 Å². The van der Waals surface area contributed by atoms with Gasteiger partial charge in [0.05, 0.1) is 22.1 Å². The Morgan fingerprint density at radius 3 is 2.62 bits per heavy atom. The third-order valence-corrected chi connectivity index (χ3v) is 5.98. The predicted octanol–water partition coefficient (Wildman–Crippen LogP) is 5.55. The van der Waals surface area contributed by atoms with Crippen molar-refractivity contribution in [2.24, 2.45) is 0 Å². The van der Waals surface area contributed by atoms with E-state index in [9.17, 15) is 18.8 Å². The Morgan fingerprint density at radius 2 is 1.94 bits per heavy atom. The van der Waals surface area contributed by atoms with E-state index >= 15 is 0 Å². The molecule has 0 aliphatic carbocycles. The van der Waals surface area contributed by atoms with Gasteiger partial charge in [-0.2, -0.15) is 0 Å². The summed E-state index contributed by atoms with van der Waals surface area (Å²) >= 11 is 4.18. The van der Waals surface area contributed by atoms with Gasteiger partial charge >= 0.3 is 5.97 Å². The molecule has 3 rings (SSSR count). The first-order chi connectivity index (χ1) is 16.2. The number of rotatable bonds is 9. The molecule has 180 valence electrons. The largest absolute Gasteiger partial charge is 0.490 e. The van der Waals surface area contributed by atoms with Crippen LogP contribution in [0.15, 0.2) is 45.8 Å². The monoisotopic (exact) mass is 551 g/mol. The van der Waals surface area contributed by atoms with E-state index in [0.29, 0.717) is 33.7 Å². The second kappa shape index (κ2) is 11.5. The molecule has 10 heteroatoms. The number of imide groups is 1. The van der Waals surface area contributed by atoms with Crippen LogP contribution in [0.2, 0.25) is 0 Å². The number of esters is 1. The zero-order valence-electron chi connectivity index (χ0n) is 18.8. The number of nitrogens with zero attached hydrogens (tertiary/aromatic N) is 1. The van der Waals surface area contributed by atoms with Crippen LogP contribution in [0.25, 0.3) is 6.08 Å². The first-order valence-corrected chi connectivity index (χ1v) is 12.1. The van der Waals surface area contributed by atoms with Gasteiger partial charge in [0.1, 0.15) is 19.0 Å². The molecule has 0 aromatic heterocycles. The molecule has 2 amide bonds. The van der Waals surface area contributed by atoms with E-state index in [1.807, 2.05) is 6.92 Å². The van der Waals surface area contributed by atoms with E-state index in [-0.39, 0.29) is 23.4 Å². The van der Waals surface area contributed by atoms with E-state index in [1.54, 1.807) is 44.2 Å². The highest BCUT2D eigenvalue weighted by molar-refractivity contribution is 9.10. The normalized spacial score (nSPS) is 14.8. The van der Waals surface area contributed by atoms with Gasteiger partial charge in [0, 0.05) is 5.56 Å². The molecule has 1 aliphatic heterocycles. The quantitative estimate of drug-likeness (QED) is 0.298. The molecule has 2 aromatic rings. The summed E-state index contributed by atoms with van der Waals surface area (Å²) < 4.78 is 31.0. The van der Waals surface area contributed by atoms with Crippen LogP contribution >= 0.6 is 27.7 Å². The van der Waals surface area contributed by atoms with Gasteiger partial charge in [-0.15, -0.1) is 0 Å². The third kappa shape index (κ3) is 6.38. The number of amides is 2. The van der Waals surface area contributed by atoms with Gasteiger partial charge in [-0.05, 0) is 78.3 Å². The molecule has 0 unspecified atom stereocenters. The second-order valence-corrected chi connectivity index (χ2v) is 9.30.